The number of unbranched alkanes of at least 4 members (excludes halogenated alkanes) is 1. The Morgan fingerprint density at radius 2 is 1.78 bits per heavy atom. The van der Waals surface area contributed by atoms with Crippen LogP contribution in [0.15, 0.2) is 72.8 Å². The minimum absolute atomic E-state index is 0.0838. The summed E-state index contributed by atoms with van der Waals surface area (Å²) in [6.45, 7) is 5.30. The van der Waals surface area contributed by atoms with Gasteiger partial charge in [-0.15, -0.1) is 0 Å². The third-order valence-electron chi connectivity index (χ3n) is 9.95. The number of anilines is 3. The number of rotatable bonds is 14. The van der Waals surface area contributed by atoms with Crippen molar-refractivity contribution in [2.24, 2.45) is 5.92 Å². The Morgan fingerprint density at radius 3 is 2.43 bits per heavy atom. The zero-order valence-electron chi connectivity index (χ0n) is 29.6. The van der Waals surface area contributed by atoms with Crippen LogP contribution in [-0.2, 0) is 36.0 Å². The Morgan fingerprint density at radius 1 is 1.08 bits per heavy atom. The first kappa shape index (κ1) is 37.7. The van der Waals surface area contributed by atoms with Crippen molar-refractivity contribution in [1.82, 2.24) is 4.90 Å². The molecule has 4 N–H and O–H groups in total. The number of methoxy groups -OCH3 is 1. The van der Waals surface area contributed by atoms with Gasteiger partial charge in [-0.05, 0) is 74.0 Å². The fourth-order valence-corrected chi connectivity index (χ4v) is 10.0. The summed E-state index contributed by atoms with van der Waals surface area (Å²) in [5, 5.41) is 12.7. The number of halogens is 1. The lowest BCUT2D eigenvalue weighted by Gasteiger charge is -2.31. The van der Waals surface area contributed by atoms with Crippen molar-refractivity contribution in [3.05, 3.63) is 89.5 Å². The van der Waals surface area contributed by atoms with Crippen LogP contribution in [0, 0.1) is 5.92 Å². The third-order valence-corrected chi connectivity index (χ3v) is 12.4. The number of amides is 3. The van der Waals surface area contributed by atoms with Crippen LogP contribution in [0.4, 0.5) is 21.2 Å². The van der Waals surface area contributed by atoms with Gasteiger partial charge in [-0.3, -0.25) is 19.2 Å². The van der Waals surface area contributed by atoms with E-state index in [9.17, 15) is 24.3 Å². The molecule has 3 aromatic rings. The SMILES string of the molecule is COC(=O)CCCCN1C(=O)[C@@]2(O[C@@H](CC(=O)N(CCO)Cc3ccccc3)[C@H]([Si](C)(C)F)[C@H]2C)c2cc(NC(=O)c3ccc(N)cc3)ccc21. The van der Waals surface area contributed by atoms with Crippen molar-refractivity contribution in [1.29, 1.82) is 0 Å². The molecule has 3 amide bonds. The number of nitrogens with two attached hydrogens (primary N) is 1. The molecule has 5 rings (SSSR count). The average Bonchev–Trinajstić information content (AvgIpc) is 3.52. The molecule has 2 heterocycles. The fraction of sp³-hybridized carbons (Fsp3) is 0.421. The van der Waals surface area contributed by atoms with Crippen LogP contribution in [-0.4, -0.2) is 75.0 Å². The van der Waals surface area contributed by atoms with Crippen LogP contribution in [0.3, 0.4) is 0 Å². The van der Waals surface area contributed by atoms with Gasteiger partial charge >= 0.3 is 5.97 Å². The Bertz CT molecular complexity index is 1740. The standard InChI is InChI=1S/C38H47FN4O7Si/c1-25-35(51(3,4)39)32(23-33(45)42(20-21-44)24-26-10-6-5-7-11-26)50-38(25)30-22-29(41-36(47)27-13-15-28(40)16-14-27)17-18-31(30)43(37(38)48)19-9-8-12-34(46)49-2/h5-7,10-11,13-18,22,25,32,35,44H,8-9,12,19-21,23-24,40H2,1-4H3,(H,41,47)/t25-,32+,35-,38+/m1/s1. The van der Waals surface area contributed by atoms with E-state index in [1.54, 1.807) is 67.4 Å². The molecule has 272 valence electrons. The molecule has 11 nitrogen and oxygen atoms in total. The van der Waals surface area contributed by atoms with Gasteiger partial charge in [0.05, 0.1) is 31.9 Å². The summed E-state index contributed by atoms with van der Waals surface area (Å²) in [6.07, 6.45) is 0.0576. The summed E-state index contributed by atoms with van der Waals surface area (Å²) in [5.41, 5.74) is 6.67. The predicted octanol–water partition coefficient (Wildman–Crippen LogP) is 5.40. The van der Waals surface area contributed by atoms with Gasteiger partial charge in [-0.25, -0.2) is 0 Å². The van der Waals surface area contributed by atoms with E-state index >= 15 is 4.11 Å². The minimum Gasteiger partial charge on any atom is -0.469 e. The number of benzene rings is 3. The summed E-state index contributed by atoms with van der Waals surface area (Å²) in [6, 6.07) is 21.0. The monoisotopic (exact) mass is 718 g/mol. The maximum atomic E-state index is 16.5. The highest BCUT2D eigenvalue weighted by Gasteiger charge is 2.67. The highest BCUT2D eigenvalue weighted by Crippen LogP contribution is 2.60. The van der Waals surface area contributed by atoms with Crippen LogP contribution in [0.5, 0.6) is 0 Å². The Kier molecular flexibility index (Phi) is 11.6. The number of nitrogens with one attached hydrogen (secondary N) is 1. The molecule has 51 heavy (non-hydrogen) atoms. The van der Waals surface area contributed by atoms with Gasteiger partial charge in [0, 0.05) is 60.0 Å². The molecular weight excluding hydrogens is 672 g/mol. The lowest BCUT2D eigenvalue weighted by atomic mass is 9.82. The van der Waals surface area contributed by atoms with E-state index in [0.29, 0.717) is 41.0 Å². The molecular formula is C38H47FN4O7Si. The number of carbonyl (C=O) groups excluding carboxylic acids is 4. The second kappa shape index (κ2) is 15.7. The van der Waals surface area contributed by atoms with E-state index in [2.05, 4.69) is 5.32 Å². The van der Waals surface area contributed by atoms with Crippen LogP contribution >= 0.6 is 0 Å². The van der Waals surface area contributed by atoms with Gasteiger partial charge < -0.3 is 39.5 Å². The highest BCUT2D eigenvalue weighted by molar-refractivity contribution is 6.72. The van der Waals surface area contributed by atoms with Crippen LogP contribution < -0.4 is 16.0 Å². The molecule has 3 aromatic carbocycles. The Labute approximate surface area is 299 Å². The molecule has 0 saturated carbocycles. The number of nitrogens with zero attached hydrogens (tertiary/aromatic N) is 2. The largest absolute Gasteiger partial charge is 0.469 e. The minimum atomic E-state index is -3.59. The molecule has 0 unspecified atom stereocenters. The lowest BCUT2D eigenvalue weighted by molar-refractivity contribution is -0.149. The summed E-state index contributed by atoms with van der Waals surface area (Å²) < 4.78 is 28.0. The quantitative estimate of drug-likeness (QED) is 0.0660. The normalized spacial score (nSPS) is 21.1. The topological polar surface area (TPSA) is 152 Å². The van der Waals surface area contributed by atoms with Gasteiger partial charge in [0.25, 0.3) is 11.8 Å². The van der Waals surface area contributed by atoms with Crippen LogP contribution in [0.25, 0.3) is 0 Å². The molecule has 1 saturated heterocycles. The van der Waals surface area contributed by atoms with Gasteiger partial charge in [0.15, 0.2) is 5.60 Å². The van der Waals surface area contributed by atoms with Crippen molar-refractivity contribution in [2.45, 2.75) is 69.5 Å². The maximum absolute atomic E-state index is 16.5. The number of esters is 1. The van der Waals surface area contributed by atoms with Crippen molar-refractivity contribution in [3.8, 4) is 0 Å². The molecule has 4 atom stereocenters. The van der Waals surface area contributed by atoms with E-state index in [4.69, 9.17) is 15.2 Å². The van der Waals surface area contributed by atoms with Crippen LogP contribution in [0.2, 0.25) is 18.6 Å². The number of ether oxygens (including phenoxy) is 2. The Balaban J connectivity index is 1.50. The second-order valence-corrected chi connectivity index (χ2v) is 17.6. The van der Waals surface area contributed by atoms with Crippen molar-refractivity contribution in [3.63, 3.8) is 0 Å². The second-order valence-electron chi connectivity index (χ2n) is 13.8. The number of nitrogen functional groups attached to an aromatic ring is 1. The molecule has 0 radical (unpaired) electrons. The number of aliphatic hydroxyl groups excluding tert-OH is 1. The number of hydrogen-bond donors (Lipinski definition) is 3. The molecule has 1 spiro atoms. The van der Waals surface area contributed by atoms with Crippen molar-refractivity contribution in [2.75, 3.05) is 42.8 Å². The zero-order valence-corrected chi connectivity index (χ0v) is 30.6. The van der Waals surface area contributed by atoms with Crippen molar-refractivity contribution < 1.29 is 37.9 Å². The summed E-state index contributed by atoms with van der Waals surface area (Å²) in [4.78, 5) is 56.7. The molecule has 0 aromatic heterocycles. The van der Waals surface area contributed by atoms with E-state index in [1.165, 1.54) is 12.0 Å². The predicted molar refractivity (Wildman–Crippen MR) is 195 cm³/mol. The number of fused-ring (bicyclic) bond motifs is 2. The van der Waals surface area contributed by atoms with Gasteiger partial charge in [0.1, 0.15) is 0 Å². The first-order chi connectivity index (χ1) is 24.3. The number of aliphatic hydroxyl groups is 1. The fourth-order valence-electron chi connectivity index (χ4n) is 7.54. The van der Waals surface area contributed by atoms with E-state index < -0.39 is 31.6 Å². The molecule has 1 fully saturated rings. The third kappa shape index (κ3) is 8.00. The average molecular weight is 719 g/mol. The van der Waals surface area contributed by atoms with Gasteiger partial charge in [-0.2, -0.15) is 0 Å². The number of hydrogen-bond acceptors (Lipinski definition) is 8. The molecule has 0 bridgehead atoms. The lowest BCUT2D eigenvalue weighted by Crippen LogP contribution is -2.45. The molecule has 0 aliphatic carbocycles. The molecule has 2 aliphatic rings. The van der Waals surface area contributed by atoms with E-state index in [0.717, 1.165) is 5.56 Å². The zero-order chi connectivity index (χ0) is 36.9. The van der Waals surface area contributed by atoms with Crippen LogP contribution in [0.1, 0.15) is 54.1 Å². The van der Waals surface area contributed by atoms with Gasteiger partial charge in [0.2, 0.25) is 14.3 Å². The highest BCUT2D eigenvalue weighted by atomic mass is 28.4. The number of carbonyl (C=O) groups is 4. The first-order valence-electron chi connectivity index (χ1n) is 17.3. The van der Waals surface area contributed by atoms with E-state index in [1.807, 2.05) is 30.3 Å². The summed E-state index contributed by atoms with van der Waals surface area (Å²) in [7, 11) is -2.27. The van der Waals surface area contributed by atoms with Crippen molar-refractivity contribution >= 4 is 49.2 Å². The smallest absolute Gasteiger partial charge is 0.305 e. The summed E-state index contributed by atoms with van der Waals surface area (Å²) in [5.74, 6) is -2.09. The molecule has 2 aliphatic heterocycles. The first-order valence-corrected chi connectivity index (χ1v) is 20.2. The van der Waals surface area contributed by atoms with E-state index in [-0.39, 0.29) is 62.8 Å². The maximum Gasteiger partial charge on any atom is 0.305 e. The Hall–Kier alpha value is -4.59. The molecule has 13 heteroatoms. The van der Waals surface area contributed by atoms with Gasteiger partial charge in [-0.1, -0.05) is 37.3 Å². The summed E-state index contributed by atoms with van der Waals surface area (Å²) >= 11 is 0.